The van der Waals surface area contributed by atoms with E-state index in [4.69, 9.17) is 4.52 Å². The van der Waals surface area contributed by atoms with Crippen LogP contribution in [-0.2, 0) is 6.54 Å². The molecular weight excluding hydrogens is 314 g/mol. The van der Waals surface area contributed by atoms with Crippen LogP contribution in [0.15, 0.2) is 47.0 Å². The van der Waals surface area contributed by atoms with Crippen LogP contribution in [0, 0.1) is 20.8 Å². The lowest BCUT2D eigenvalue weighted by Gasteiger charge is -2.15. The van der Waals surface area contributed by atoms with Gasteiger partial charge in [0, 0.05) is 18.2 Å². The maximum atomic E-state index is 12.6. The van der Waals surface area contributed by atoms with Crippen LogP contribution >= 0.6 is 0 Å². The van der Waals surface area contributed by atoms with Crippen molar-refractivity contribution in [3.05, 3.63) is 70.6 Å². The third kappa shape index (κ3) is 3.60. The minimum atomic E-state index is -0.0706. The van der Waals surface area contributed by atoms with Crippen molar-refractivity contribution in [1.29, 1.82) is 0 Å². The summed E-state index contributed by atoms with van der Waals surface area (Å²) in [6.45, 7) is 6.29. The molecule has 25 heavy (non-hydrogen) atoms. The van der Waals surface area contributed by atoms with Crippen molar-refractivity contribution in [3.8, 4) is 11.4 Å². The lowest BCUT2D eigenvalue weighted by Crippen LogP contribution is -2.26. The molecule has 3 aromatic rings. The molecule has 0 aliphatic rings. The molecular formula is C20H21N3O2. The van der Waals surface area contributed by atoms with Crippen molar-refractivity contribution in [1.82, 2.24) is 15.0 Å². The summed E-state index contributed by atoms with van der Waals surface area (Å²) in [4.78, 5) is 18.6. The van der Waals surface area contributed by atoms with Gasteiger partial charge in [0.1, 0.15) is 0 Å². The number of carbonyl (C=O) groups excluding carboxylic acids is 1. The predicted molar refractivity (Wildman–Crippen MR) is 96.2 cm³/mol. The van der Waals surface area contributed by atoms with E-state index in [0.29, 0.717) is 17.3 Å². The van der Waals surface area contributed by atoms with Crippen LogP contribution in [-0.4, -0.2) is 28.0 Å². The Morgan fingerprint density at radius 1 is 1.04 bits per heavy atom. The third-order valence-electron chi connectivity index (χ3n) is 4.33. The number of rotatable bonds is 4. The van der Waals surface area contributed by atoms with Gasteiger partial charge in [-0.3, -0.25) is 4.79 Å². The maximum absolute atomic E-state index is 12.6. The van der Waals surface area contributed by atoms with Gasteiger partial charge in [0.25, 0.3) is 5.91 Å². The van der Waals surface area contributed by atoms with Gasteiger partial charge in [-0.25, -0.2) is 0 Å². The minimum absolute atomic E-state index is 0.0706. The molecule has 0 unspecified atom stereocenters. The van der Waals surface area contributed by atoms with Crippen LogP contribution in [0.1, 0.15) is 32.9 Å². The van der Waals surface area contributed by atoms with E-state index in [-0.39, 0.29) is 12.5 Å². The van der Waals surface area contributed by atoms with Gasteiger partial charge >= 0.3 is 0 Å². The van der Waals surface area contributed by atoms with Gasteiger partial charge in [0.2, 0.25) is 11.7 Å². The molecule has 5 nitrogen and oxygen atoms in total. The summed E-state index contributed by atoms with van der Waals surface area (Å²) in [6.07, 6.45) is 0. The van der Waals surface area contributed by atoms with Crippen LogP contribution in [0.25, 0.3) is 11.4 Å². The Kier molecular flexibility index (Phi) is 4.65. The summed E-state index contributed by atoms with van der Waals surface area (Å²) in [5.74, 6) is 0.886. The van der Waals surface area contributed by atoms with Gasteiger partial charge in [-0.05, 0) is 49.6 Å². The Morgan fingerprint density at radius 3 is 2.52 bits per heavy atom. The number of aryl methyl sites for hydroxylation is 3. The molecule has 0 spiro atoms. The molecule has 0 fully saturated rings. The first-order valence-electron chi connectivity index (χ1n) is 8.17. The molecule has 0 atom stereocenters. The molecule has 0 aliphatic carbocycles. The van der Waals surface area contributed by atoms with E-state index in [1.54, 1.807) is 11.9 Å². The first-order valence-corrected chi connectivity index (χ1v) is 8.17. The van der Waals surface area contributed by atoms with Crippen molar-refractivity contribution in [2.75, 3.05) is 7.05 Å². The molecule has 0 radical (unpaired) electrons. The number of nitrogens with zero attached hydrogens (tertiary/aromatic N) is 3. The summed E-state index contributed by atoms with van der Waals surface area (Å²) in [7, 11) is 1.73. The number of aromatic nitrogens is 2. The number of hydrogen-bond donors (Lipinski definition) is 0. The summed E-state index contributed by atoms with van der Waals surface area (Å²) in [5, 5.41) is 4.03. The summed E-state index contributed by atoms with van der Waals surface area (Å²) < 4.78 is 5.32. The van der Waals surface area contributed by atoms with E-state index in [1.165, 1.54) is 5.56 Å². The molecule has 0 N–H and O–H groups in total. The predicted octanol–water partition coefficient (Wildman–Crippen LogP) is 3.93. The topological polar surface area (TPSA) is 59.2 Å². The van der Waals surface area contributed by atoms with E-state index < -0.39 is 0 Å². The fourth-order valence-electron chi connectivity index (χ4n) is 2.62. The van der Waals surface area contributed by atoms with Gasteiger partial charge < -0.3 is 9.42 Å². The third-order valence-corrected chi connectivity index (χ3v) is 4.33. The normalized spacial score (nSPS) is 10.7. The number of carbonyl (C=O) groups is 1. The van der Waals surface area contributed by atoms with E-state index in [1.807, 2.05) is 63.2 Å². The Morgan fingerprint density at radius 2 is 1.80 bits per heavy atom. The highest BCUT2D eigenvalue weighted by atomic mass is 16.5. The van der Waals surface area contributed by atoms with Crippen molar-refractivity contribution >= 4 is 5.91 Å². The van der Waals surface area contributed by atoms with Gasteiger partial charge in [-0.2, -0.15) is 4.98 Å². The average Bonchev–Trinajstić information content (AvgIpc) is 3.05. The molecule has 0 saturated heterocycles. The zero-order valence-electron chi connectivity index (χ0n) is 14.9. The number of amides is 1. The van der Waals surface area contributed by atoms with Crippen LogP contribution in [0.2, 0.25) is 0 Å². The molecule has 1 aromatic heterocycles. The van der Waals surface area contributed by atoms with Gasteiger partial charge in [0.05, 0.1) is 6.54 Å². The molecule has 1 heterocycles. The second-order valence-electron chi connectivity index (χ2n) is 6.29. The van der Waals surface area contributed by atoms with E-state index in [9.17, 15) is 4.79 Å². The van der Waals surface area contributed by atoms with Gasteiger partial charge in [0.15, 0.2) is 0 Å². The fraction of sp³-hybridized carbons (Fsp3) is 0.250. The van der Waals surface area contributed by atoms with E-state index in [0.717, 1.165) is 16.7 Å². The smallest absolute Gasteiger partial charge is 0.254 e. The standard InChI is InChI=1S/C20H21N3O2/c1-13-9-10-16(11-15(13)3)20(24)23(4)12-18-21-19(22-25-18)17-8-6-5-7-14(17)2/h5-11H,12H2,1-4H3. The van der Waals surface area contributed by atoms with Crippen molar-refractivity contribution < 1.29 is 9.32 Å². The highest BCUT2D eigenvalue weighted by Crippen LogP contribution is 2.20. The molecule has 3 rings (SSSR count). The Balaban J connectivity index is 1.75. The Hall–Kier alpha value is -2.95. The zero-order valence-corrected chi connectivity index (χ0v) is 14.9. The van der Waals surface area contributed by atoms with E-state index in [2.05, 4.69) is 10.1 Å². The average molecular weight is 335 g/mol. The lowest BCUT2D eigenvalue weighted by molar-refractivity contribution is 0.0769. The molecule has 0 aliphatic heterocycles. The van der Waals surface area contributed by atoms with Crippen LogP contribution in [0.3, 0.4) is 0 Å². The molecule has 0 bridgehead atoms. The summed E-state index contributed by atoms with van der Waals surface area (Å²) in [5.41, 5.74) is 4.93. The monoisotopic (exact) mass is 335 g/mol. The molecule has 0 saturated carbocycles. The quantitative estimate of drug-likeness (QED) is 0.725. The Bertz CT molecular complexity index is 915. The van der Waals surface area contributed by atoms with Gasteiger partial charge in [-0.1, -0.05) is 35.5 Å². The summed E-state index contributed by atoms with van der Waals surface area (Å²) in [6, 6.07) is 13.6. The molecule has 1 amide bonds. The molecule has 2 aromatic carbocycles. The lowest BCUT2D eigenvalue weighted by atomic mass is 10.1. The largest absolute Gasteiger partial charge is 0.337 e. The zero-order chi connectivity index (χ0) is 18.0. The second kappa shape index (κ2) is 6.89. The van der Waals surface area contributed by atoms with Crippen molar-refractivity contribution in [2.24, 2.45) is 0 Å². The van der Waals surface area contributed by atoms with E-state index >= 15 is 0 Å². The van der Waals surface area contributed by atoms with Gasteiger partial charge in [-0.15, -0.1) is 0 Å². The van der Waals surface area contributed by atoms with Crippen molar-refractivity contribution in [3.63, 3.8) is 0 Å². The molecule has 128 valence electrons. The first kappa shape index (κ1) is 16.9. The SMILES string of the molecule is Cc1ccc(C(=O)N(C)Cc2nc(-c3ccccc3C)no2)cc1C. The number of benzene rings is 2. The second-order valence-corrected chi connectivity index (χ2v) is 6.29. The summed E-state index contributed by atoms with van der Waals surface area (Å²) >= 11 is 0. The van der Waals surface area contributed by atoms with Crippen LogP contribution in [0.5, 0.6) is 0 Å². The maximum Gasteiger partial charge on any atom is 0.254 e. The van der Waals surface area contributed by atoms with Crippen molar-refractivity contribution in [2.45, 2.75) is 27.3 Å². The minimum Gasteiger partial charge on any atom is -0.337 e. The highest BCUT2D eigenvalue weighted by molar-refractivity contribution is 5.94. The fourth-order valence-corrected chi connectivity index (χ4v) is 2.62. The highest BCUT2D eigenvalue weighted by Gasteiger charge is 2.17. The first-order chi connectivity index (χ1) is 12.0. The molecule has 5 heteroatoms. The van der Waals surface area contributed by atoms with Crippen LogP contribution < -0.4 is 0 Å². The number of hydrogen-bond acceptors (Lipinski definition) is 4. The van der Waals surface area contributed by atoms with Crippen LogP contribution in [0.4, 0.5) is 0 Å². The Labute approximate surface area is 147 Å².